The third-order valence-electron chi connectivity index (χ3n) is 3.62. The van der Waals surface area contributed by atoms with E-state index in [1.165, 1.54) is 14.2 Å². The number of nitrogens with two attached hydrogens (primary N) is 1. The van der Waals surface area contributed by atoms with Crippen molar-refractivity contribution in [1.29, 1.82) is 0 Å². The summed E-state index contributed by atoms with van der Waals surface area (Å²) >= 11 is 0. The van der Waals surface area contributed by atoms with Crippen molar-refractivity contribution >= 4 is 5.69 Å². The Labute approximate surface area is 129 Å². The molecule has 1 heterocycles. The van der Waals surface area contributed by atoms with Crippen molar-refractivity contribution in [3.63, 3.8) is 0 Å². The van der Waals surface area contributed by atoms with Crippen LogP contribution in [0.1, 0.15) is 0 Å². The van der Waals surface area contributed by atoms with Crippen LogP contribution in [0.3, 0.4) is 0 Å². The van der Waals surface area contributed by atoms with Gasteiger partial charge in [-0.1, -0.05) is 0 Å². The smallest absolute Gasteiger partial charge is 0.229 e. The normalized spacial score (nSPS) is 31.9. The number of hydrogen-bond acceptors (Lipinski definition) is 7. The van der Waals surface area contributed by atoms with Gasteiger partial charge >= 0.3 is 0 Å². The van der Waals surface area contributed by atoms with E-state index < -0.39 is 30.7 Å². The van der Waals surface area contributed by atoms with Crippen molar-refractivity contribution < 1.29 is 28.8 Å². The van der Waals surface area contributed by atoms with E-state index in [1.54, 1.807) is 31.4 Å². The molecule has 0 saturated carbocycles. The molecular formula is C15H23NO6. The van der Waals surface area contributed by atoms with E-state index in [0.717, 1.165) is 0 Å². The molecule has 1 fully saturated rings. The fourth-order valence-electron chi connectivity index (χ4n) is 2.51. The topological polar surface area (TPSA) is 92.4 Å². The van der Waals surface area contributed by atoms with Gasteiger partial charge in [0, 0.05) is 27.0 Å². The maximum atomic E-state index is 10.4. The highest BCUT2D eigenvalue weighted by molar-refractivity contribution is 5.41. The quantitative estimate of drug-likeness (QED) is 0.735. The van der Waals surface area contributed by atoms with Crippen molar-refractivity contribution in [3.8, 4) is 5.75 Å². The van der Waals surface area contributed by atoms with Gasteiger partial charge in [0.1, 0.15) is 30.2 Å². The standard InChI is InChI=1S/C15H23NO6/c1-18-8-11-13(19-2)12(17)14(20-3)15(22-11)21-10-6-4-9(16)5-7-10/h4-7,11-15,17H,8,16H2,1-3H3/t11-,12+,13+,14-,15-/m1/s1. The molecule has 7 nitrogen and oxygen atoms in total. The summed E-state index contributed by atoms with van der Waals surface area (Å²) in [4.78, 5) is 0. The fourth-order valence-corrected chi connectivity index (χ4v) is 2.51. The third kappa shape index (κ3) is 3.68. The molecule has 1 saturated heterocycles. The van der Waals surface area contributed by atoms with Crippen LogP contribution in [-0.2, 0) is 18.9 Å². The number of anilines is 1. The number of methoxy groups -OCH3 is 3. The molecule has 0 aromatic heterocycles. The highest BCUT2D eigenvalue weighted by Crippen LogP contribution is 2.27. The molecule has 124 valence electrons. The Kier molecular flexibility index (Phi) is 5.98. The lowest BCUT2D eigenvalue weighted by Gasteiger charge is -2.42. The highest BCUT2D eigenvalue weighted by atomic mass is 16.7. The summed E-state index contributed by atoms with van der Waals surface area (Å²) in [5.74, 6) is 0.570. The molecule has 0 bridgehead atoms. The van der Waals surface area contributed by atoms with Crippen LogP contribution in [0.15, 0.2) is 24.3 Å². The molecule has 3 N–H and O–H groups in total. The minimum absolute atomic E-state index is 0.271. The Morgan fingerprint density at radius 1 is 1.09 bits per heavy atom. The van der Waals surface area contributed by atoms with Crippen LogP contribution in [0.5, 0.6) is 5.75 Å². The van der Waals surface area contributed by atoms with E-state index >= 15 is 0 Å². The summed E-state index contributed by atoms with van der Waals surface area (Å²) in [6.07, 6.45) is -3.39. The number of benzene rings is 1. The Morgan fingerprint density at radius 3 is 2.27 bits per heavy atom. The van der Waals surface area contributed by atoms with E-state index in [2.05, 4.69) is 0 Å². The fraction of sp³-hybridized carbons (Fsp3) is 0.600. The number of aliphatic hydroxyl groups excluding tert-OH is 1. The first kappa shape index (κ1) is 17.0. The predicted molar refractivity (Wildman–Crippen MR) is 79.6 cm³/mol. The van der Waals surface area contributed by atoms with Crippen molar-refractivity contribution in [2.45, 2.75) is 30.7 Å². The largest absolute Gasteiger partial charge is 0.462 e. The average Bonchev–Trinajstić information content (AvgIpc) is 2.50. The van der Waals surface area contributed by atoms with Gasteiger partial charge in [-0.25, -0.2) is 0 Å². The SMILES string of the molecule is COC[C@H]1O[C@@H](Oc2ccc(N)cc2)[C@H](OC)[C@@H](O)[C@H]1OC. The molecular weight excluding hydrogens is 290 g/mol. The summed E-state index contributed by atoms with van der Waals surface area (Å²) in [6.45, 7) is 0.271. The lowest BCUT2D eigenvalue weighted by atomic mass is 9.99. The average molecular weight is 313 g/mol. The maximum absolute atomic E-state index is 10.4. The number of aliphatic hydroxyl groups is 1. The van der Waals surface area contributed by atoms with E-state index in [9.17, 15) is 5.11 Å². The number of ether oxygens (including phenoxy) is 5. The molecule has 5 atom stereocenters. The third-order valence-corrected chi connectivity index (χ3v) is 3.62. The van der Waals surface area contributed by atoms with Gasteiger partial charge in [-0.15, -0.1) is 0 Å². The predicted octanol–water partition coefficient (Wildman–Crippen LogP) is 0.410. The molecule has 1 aliphatic heterocycles. The second kappa shape index (κ2) is 7.75. The van der Waals surface area contributed by atoms with Gasteiger partial charge in [0.05, 0.1) is 6.61 Å². The summed E-state index contributed by atoms with van der Waals surface area (Å²) in [5.41, 5.74) is 6.28. The molecule has 0 aliphatic carbocycles. The molecule has 22 heavy (non-hydrogen) atoms. The molecule has 0 unspecified atom stereocenters. The van der Waals surface area contributed by atoms with Crippen LogP contribution in [0.25, 0.3) is 0 Å². The van der Waals surface area contributed by atoms with Gasteiger partial charge in [-0.05, 0) is 24.3 Å². The van der Waals surface area contributed by atoms with Crippen LogP contribution in [0, 0.1) is 0 Å². The molecule has 1 aromatic carbocycles. The Bertz CT molecular complexity index is 452. The van der Waals surface area contributed by atoms with E-state index in [-0.39, 0.29) is 6.61 Å². The lowest BCUT2D eigenvalue weighted by molar-refractivity contribution is -0.288. The number of hydrogen-bond donors (Lipinski definition) is 2. The summed E-state index contributed by atoms with van der Waals surface area (Å²) in [5, 5.41) is 10.4. The van der Waals surface area contributed by atoms with Crippen LogP contribution >= 0.6 is 0 Å². The van der Waals surface area contributed by atoms with Gasteiger partial charge in [0.25, 0.3) is 0 Å². The zero-order chi connectivity index (χ0) is 16.1. The van der Waals surface area contributed by atoms with Crippen LogP contribution in [0.4, 0.5) is 5.69 Å². The van der Waals surface area contributed by atoms with E-state index in [4.69, 9.17) is 29.4 Å². The Hall–Kier alpha value is -1.38. The lowest BCUT2D eigenvalue weighted by Crippen LogP contribution is -2.61. The minimum atomic E-state index is -0.900. The molecule has 1 aromatic rings. The van der Waals surface area contributed by atoms with Crippen LogP contribution in [-0.4, -0.2) is 63.7 Å². The monoisotopic (exact) mass is 313 g/mol. The maximum Gasteiger partial charge on any atom is 0.229 e. The Morgan fingerprint density at radius 2 is 1.73 bits per heavy atom. The zero-order valence-electron chi connectivity index (χ0n) is 13.0. The number of nitrogen functional groups attached to an aromatic ring is 1. The van der Waals surface area contributed by atoms with Crippen molar-refractivity contribution in [2.75, 3.05) is 33.7 Å². The van der Waals surface area contributed by atoms with Gasteiger partial charge in [0.2, 0.25) is 6.29 Å². The van der Waals surface area contributed by atoms with Gasteiger partial charge in [0.15, 0.2) is 0 Å². The van der Waals surface area contributed by atoms with Crippen molar-refractivity contribution in [1.82, 2.24) is 0 Å². The molecule has 0 amide bonds. The number of rotatable bonds is 6. The first-order valence-electron chi connectivity index (χ1n) is 7.01. The van der Waals surface area contributed by atoms with Crippen molar-refractivity contribution in [3.05, 3.63) is 24.3 Å². The summed E-state index contributed by atoms with van der Waals surface area (Å²) < 4.78 is 27.4. The molecule has 0 radical (unpaired) electrons. The molecule has 7 heteroatoms. The molecule has 1 aliphatic rings. The first-order valence-corrected chi connectivity index (χ1v) is 7.01. The second-order valence-corrected chi connectivity index (χ2v) is 5.08. The van der Waals surface area contributed by atoms with Gasteiger partial charge in [-0.3, -0.25) is 0 Å². The second-order valence-electron chi connectivity index (χ2n) is 5.08. The summed E-state index contributed by atoms with van der Waals surface area (Å²) in [6, 6.07) is 6.90. The molecule has 2 rings (SSSR count). The van der Waals surface area contributed by atoms with Crippen LogP contribution < -0.4 is 10.5 Å². The van der Waals surface area contributed by atoms with Crippen LogP contribution in [0.2, 0.25) is 0 Å². The first-order chi connectivity index (χ1) is 10.6. The van der Waals surface area contributed by atoms with Crippen molar-refractivity contribution in [2.24, 2.45) is 0 Å². The van der Waals surface area contributed by atoms with E-state index in [0.29, 0.717) is 11.4 Å². The minimum Gasteiger partial charge on any atom is -0.462 e. The molecule has 0 spiro atoms. The van der Waals surface area contributed by atoms with Gasteiger partial charge in [-0.2, -0.15) is 0 Å². The zero-order valence-corrected chi connectivity index (χ0v) is 13.0. The summed E-state index contributed by atoms with van der Waals surface area (Å²) in [7, 11) is 4.55. The highest BCUT2D eigenvalue weighted by Gasteiger charge is 2.47. The Balaban J connectivity index is 2.15. The van der Waals surface area contributed by atoms with E-state index in [1.807, 2.05) is 0 Å². The van der Waals surface area contributed by atoms with Gasteiger partial charge < -0.3 is 34.5 Å².